The van der Waals surface area contributed by atoms with E-state index in [1.54, 1.807) is 20.8 Å². The van der Waals surface area contributed by atoms with Gasteiger partial charge < -0.3 is 14.2 Å². The summed E-state index contributed by atoms with van der Waals surface area (Å²) in [7, 11) is 2.54. The number of rotatable bonds is 8. The van der Waals surface area contributed by atoms with E-state index in [4.69, 9.17) is 14.2 Å². The molecule has 1 rings (SSSR count). The Morgan fingerprint density at radius 2 is 1.60 bits per heavy atom. The summed E-state index contributed by atoms with van der Waals surface area (Å²) in [4.78, 5) is 37.3. The van der Waals surface area contributed by atoms with E-state index in [0.29, 0.717) is 0 Å². The Morgan fingerprint density at radius 3 is 2.08 bits per heavy atom. The number of esters is 2. The van der Waals surface area contributed by atoms with Gasteiger partial charge in [-0.25, -0.2) is 0 Å². The number of methoxy groups -OCH3 is 2. The van der Waals surface area contributed by atoms with Crippen LogP contribution in [-0.2, 0) is 35.0 Å². The molecule has 0 spiro atoms. The fraction of sp³-hybridized carbons (Fsp3) is 0.526. The second-order valence-electron chi connectivity index (χ2n) is 6.73. The zero-order valence-corrected chi connectivity index (χ0v) is 15.4. The molecular weight excluding hydrogens is 324 g/mol. The van der Waals surface area contributed by atoms with Crippen LogP contribution in [0.2, 0.25) is 0 Å². The van der Waals surface area contributed by atoms with E-state index in [9.17, 15) is 14.4 Å². The zero-order chi connectivity index (χ0) is 19.0. The largest absolute Gasteiger partial charge is 0.468 e. The van der Waals surface area contributed by atoms with Crippen LogP contribution in [-0.4, -0.2) is 44.1 Å². The number of ketones is 1. The first-order valence-corrected chi connectivity index (χ1v) is 8.06. The Balaban J connectivity index is 3.22. The van der Waals surface area contributed by atoms with Gasteiger partial charge in [0.1, 0.15) is 18.1 Å². The number of benzene rings is 1. The summed E-state index contributed by atoms with van der Waals surface area (Å²) in [5.74, 6) is -4.16. The molecule has 6 heteroatoms. The van der Waals surface area contributed by atoms with Gasteiger partial charge >= 0.3 is 11.9 Å². The van der Waals surface area contributed by atoms with E-state index in [0.717, 1.165) is 5.56 Å². The molecule has 2 atom stereocenters. The summed E-state index contributed by atoms with van der Waals surface area (Å²) in [6.07, 6.45) is 0.185. The molecule has 0 aromatic heterocycles. The highest BCUT2D eigenvalue weighted by molar-refractivity contribution is 6.03. The first-order valence-electron chi connectivity index (χ1n) is 8.06. The molecule has 6 nitrogen and oxygen atoms in total. The molecule has 25 heavy (non-hydrogen) atoms. The predicted molar refractivity (Wildman–Crippen MR) is 91.9 cm³/mol. The van der Waals surface area contributed by atoms with Crippen molar-refractivity contribution < 1.29 is 28.6 Å². The van der Waals surface area contributed by atoms with Gasteiger partial charge in [-0.05, 0) is 32.8 Å². The van der Waals surface area contributed by atoms with Gasteiger partial charge in [-0.15, -0.1) is 0 Å². The Kier molecular flexibility index (Phi) is 7.77. The van der Waals surface area contributed by atoms with Crippen molar-refractivity contribution in [3.8, 4) is 0 Å². The highest BCUT2D eigenvalue weighted by atomic mass is 16.6. The van der Waals surface area contributed by atoms with E-state index in [2.05, 4.69) is 0 Å². The van der Waals surface area contributed by atoms with Crippen molar-refractivity contribution in [2.75, 3.05) is 20.8 Å². The first kappa shape index (κ1) is 20.8. The maximum atomic E-state index is 12.7. The van der Waals surface area contributed by atoms with Gasteiger partial charge in [-0.2, -0.15) is 0 Å². The smallest absolute Gasteiger partial charge is 0.317 e. The van der Waals surface area contributed by atoms with Crippen LogP contribution in [0, 0.1) is 11.8 Å². The quantitative estimate of drug-likeness (QED) is 0.528. The minimum absolute atomic E-state index is 0.185. The normalized spacial score (nSPS) is 13.6. The molecule has 0 bridgehead atoms. The molecular formula is C19H26O6. The third-order valence-corrected chi connectivity index (χ3v) is 3.50. The first-order chi connectivity index (χ1) is 11.7. The van der Waals surface area contributed by atoms with E-state index >= 15 is 0 Å². The number of hydrogen-bond donors (Lipinski definition) is 0. The minimum Gasteiger partial charge on any atom is -0.468 e. The molecule has 0 saturated heterocycles. The van der Waals surface area contributed by atoms with E-state index in [-0.39, 0.29) is 13.0 Å². The number of Topliss-reactive ketones (excluding diaryl/α,β-unsaturated/α-hetero) is 1. The molecule has 0 fully saturated rings. The van der Waals surface area contributed by atoms with Gasteiger partial charge in [0.05, 0.1) is 13.0 Å². The number of carbonyl (C=O) groups excluding carboxylic acids is 3. The molecule has 0 heterocycles. The molecule has 0 amide bonds. The molecule has 0 aliphatic carbocycles. The lowest BCUT2D eigenvalue weighted by molar-refractivity contribution is -0.170. The Morgan fingerprint density at radius 1 is 1.00 bits per heavy atom. The molecule has 0 aliphatic rings. The second kappa shape index (κ2) is 9.32. The van der Waals surface area contributed by atoms with Gasteiger partial charge in [-0.1, -0.05) is 30.3 Å². The number of ether oxygens (including phenoxy) is 3. The molecule has 0 aliphatic heterocycles. The van der Waals surface area contributed by atoms with Crippen molar-refractivity contribution in [1.82, 2.24) is 0 Å². The summed E-state index contributed by atoms with van der Waals surface area (Å²) >= 11 is 0. The Bertz CT molecular complexity index is 588. The summed E-state index contributed by atoms with van der Waals surface area (Å²) in [6.45, 7) is 4.91. The van der Waals surface area contributed by atoms with Crippen molar-refractivity contribution in [2.24, 2.45) is 11.8 Å². The predicted octanol–water partition coefficient (Wildman–Crippen LogP) is 2.19. The van der Waals surface area contributed by atoms with E-state index in [1.165, 1.54) is 14.2 Å². The Hall–Kier alpha value is -2.21. The molecule has 1 aromatic rings. The third kappa shape index (κ3) is 6.66. The molecule has 138 valence electrons. The van der Waals surface area contributed by atoms with Gasteiger partial charge in [0, 0.05) is 7.11 Å². The standard InChI is InChI=1S/C19H26O6/c1-19(2,3)25-17(21)14(11-13-9-7-6-8-10-13)16(18(22)24-5)15(20)12-23-4/h6-10,14,16H,11-12H2,1-5H3. The maximum absolute atomic E-state index is 12.7. The van der Waals surface area contributed by atoms with Crippen LogP contribution in [0.4, 0.5) is 0 Å². The van der Waals surface area contributed by atoms with Gasteiger partial charge in [0.2, 0.25) is 0 Å². The van der Waals surface area contributed by atoms with Crippen LogP contribution in [0.3, 0.4) is 0 Å². The average Bonchev–Trinajstić information content (AvgIpc) is 2.53. The molecule has 2 unspecified atom stereocenters. The minimum atomic E-state index is -1.28. The van der Waals surface area contributed by atoms with Gasteiger partial charge in [-0.3, -0.25) is 14.4 Å². The fourth-order valence-corrected chi connectivity index (χ4v) is 2.46. The fourth-order valence-electron chi connectivity index (χ4n) is 2.46. The van der Waals surface area contributed by atoms with Crippen molar-refractivity contribution in [2.45, 2.75) is 32.8 Å². The van der Waals surface area contributed by atoms with Crippen molar-refractivity contribution in [3.63, 3.8) is 0 Å². The maximum Gasteiger partial charge on any atom is 0.317 e. The van der Waals surface area contributed by atoms with Crippen LogP contribution in [0.1, 0.15) is 26.3 Å². The summed E-state index contributed by atoms with van der Waals surface area (Å²) < 4.78 is 15.0. The highest BCUT2D eigenvalue weighted by Gasteiger charge is 2.41. The van der Waals surface area contributed by atoms with Gasteiger partial charge in [0.25, 0.3) is 0 Å². The Labute approximate surface area is 148 Å². The van der Waals surface area contributed by atoms with Crippen LogP contribution in [0.5, 0.6) is 0 Å². The van der Waals surface area contributed by atoms with Crippen molar-refractivity contribution in [3.05, 3.63) is 35.9 Å². The zero-order valence-electron chi connectivity index (χ0n) is 15.4. The van der Waals surface area contributed by atoms with Gasteiger partial charge in [0.15, 0.2) is 5.78 Å². The van der Waals surface area contributed by atoms with Crippen molar-refractivity contribution in [1.29, 1.82) is 0 Å². The number of carbonyl (C=O) groups is 3. The van der Waals surface area contributed by atoms with E-state index < -0.39 is 35.2 Å². The van der Waals surface area contributed by atoms with Crippen LogP contribution >= 0.6 is 0 Å². The lowest BCUT2D eigenvalue weighted by Gasteiger charge is -2.27. The van der Waals surface area contributed by atoms with Crippen LogP contribution in [0.25, 0.3) is 0 Å². The summed E-state index contributed by atoms with van der Waals surface area (Å²) in [5.41, 5.74) is 0.0780. The molecule has 0 radical (unpaired) electrons. The molecule has 0 saturated carbocycles. The second-order valence-corrected chi connectivity index (χ2v) is 6.73. The topological polar surface area (TPSA) is 78.9 Å². The lowest BCUT2D eigenvalue weighted by atomic mass is 9.83. The summed E-state index contributed by atoms with van der Waals surface area (Å²) in [5, 5.41) is 0. The SMILES string of the molecule is COCC(=O)C(C(=O)OC)C(Cc1ccccc1)C(=O)OC(C)(C)C. The molecule has 1 aromatic carbocycles. The monoisotopic (exact) mass is 350 g/mol. The van der Waals surface area contributed by atoms with Crippen LogP contribution < -0.4 is 0 Å². The molecule has 0 N–H and O–H groups in total. The highest BCUT2D eigenvalue weighted by Crippen LogP contribution is 2.24. The number of hydrogen-bond acceptors (Lipinski definition) is 6. The van der Waals surface area contributed by atoms with Crippen LogP contribution in [0.15, 0.2) is 30.3 Å². The van der Waals surface area contributed by atoms with E-state index in [1.807, 2.05) is 30.3 Å². The average molecular weight is 350 g/mol. The summed E-state index contributed by atoms with van der Waals surface area (Å²) in [6, 6.07) is 9.15. The third-order valence-electron chi connectivity index (χ3n) is 3.50. The van der Waals surface area contributed by atoms with Crippen molar-refractivity contribution >= 4 is 17.7 Å². The lowest BCUT2D eigenvalue weighted by Crippen LogP contribution is -2.42.